The summed E-state index contributed by atoms with van der Waals surface area (Å²) in [6.07, 6.45) is 1.70. The van der Waals surface area contributed by atoms with Gasteiger partial charge in [-0.05, 0) is 25.6 Å². The van der Waals surface area contributed by atoms with Gasteiger partial charge in [0.2, 0.25) is 11.1 Å². The lowest BCUT2D eigenvalue weighted by atomic mass is 10.4. The maximum absolute atomic E-state index is 5.24. The minimum Gasteiger partial charge on any atom is -0.292 e. The van der Waals surface area contributed by atoms with Crippen LogP contribution in [0.15, 0.2) is 16.4 Å². The SMILES string of the molecule is Cc1nc(Sc2nc(NN)ncc2C)n[nH]1. The first-order valence-corrected chi connectivity index (χ1v) is 5.38. The molecular formula is C8H11N7S. The van der Waals surface area contributed by atoms with Crippen molar-refractivity contribution >= 4 is 17.7 Å². The van der Waals surface area contributed by atoms with E-state index in [1.165, 1.54) is 11.8 Å². The first-order valence-electron chi connectivity index (χ1n) is 4.56. The average molecular weight is 237 g/mol. The Labute approximate surface area is 96.3 Å². The van der Waals surface area contributed by atoms with Crippen LogP contribution in [0.1, 0.15) is 11.4 Å². The molecule has 0 aliphatic heterocycles. The fraction of sp³-hybridized carbons (Fsp3) is 0.250. The first-order chi connectivity index (χ1) is 7.69. The van der Waals surface area contributed by atoms with Gasteiger partial charge in [-0.25, -0.2) is 20.8 Å². The van der Waals surface area contributed by atoms with Crippen LogP contribution in [0.5, 0.6) is 0 Å². The molecule has 0 saturated heterocycles. The number of anilines is 1. The van der Waals surface area contributed by atoms with Gasteiger partial charge in [0.15, 0.2) is 0 Å². The molecule has 8 heteroatoms. The number of hydrogen-bond donors (Lipinski definition) is 3. The van der Waals surface area contributed by atoms with Crippen LogP contribution in [-0.2, 0) is 0 Å². The van der Waals surface area contributed by atoms with Crippen molar-refractivity contribution in [3.8, 4) is 0 Å². The largest absolute Gasteiger partial charge is 0.292 e. The summed E-state index contributed by atoms with van der Waals surface area (Å²) in [6, 6.07) is 0. The molecule has 0 bridgehead atoms. The molecule has 2 aromatic heterocycles. The second-order valence-corrected chi connectivity index (χ2v) is 4.09. The molecule has 7 nitrogen and oxygen atoms in total. The van der Waals surface area contributed by atoms with Gasteiger partial charge < -0.3 is 0 Å². The summed E-state index contributed by atoms with van der Waals surface area (Å²) < 4.78 is 0. The highest BCUT2D eigenvalue weighted by molar-refractivity contribution is 7.99. The standard InChI is InChI=1S/C8H11N7S/c1-4-3-10-7(13-9)12-6(4)16-8-11-5(2)14-15-8/h3H,9H2,1-2H3,(H,10,12,13)(H,11,14,15). The fourth-order valence-electron chi connectivity index (χ4n) is 1.05. The van der Waals surface area contributed by atoms with Crippen LogP contribution in [-0.4, -0.2) is 25.1 Å². The Morgan fingerprint density at radius 3 is 2.81 bits per heavy atom. The van der Waals surface area contributed by atoms with Gasteiger partial charge in [0.1, 0.15) is 10.9 Å². The molecule has 0 aliphatic rings. The molecule has 0 spiro atoms. The van der Waals surface area contributed by atoms with Gasteiger partial charge >= 0.3 is 0 Å². The van der Waals surface area contributed by atoms with E-state index >= 15 is 0 Å². The van der Waals surface area contributed by atoms with Crippen molar-refractivity contribution in [2.45, 2.75) is 24.0 Å². The number of nitrogens with two attached hydrogens (primary N) is 1. The summed E-state index contributed by atoms with van der Waals surface area (Å²) in [5.41, 5.74) is 3.35. The first kappa shape index (κ1) is 10.8. The number of nitrogens with one attached hydrogen (secondary N) is 2. The van der Waals surface area contributed by atoms with E-state index < -0.39 is 0 Å². The summed E-state index contributed by atoms with van der Waals surface area (Å²) in [7, 11) is 0. The van der Waals surface area contributed by atoms with E-state index in [1.54, 1.807) is 6.20 Å². The minimum absolute atomic E-state index is 0.375. The number of H-pyrrole nitrogens is 1. The molecule has 4 N–H and O–H groups in total. The molecule has 0 amide bonds. The zero-order chi connectivity index (χ0) is 11.5. The van der Waals surface area contributed by atoms with Gasteiger partial charge in [-0.1, -0.05) is 0 Å². The van der Waals surface area contributed by atoms with Gasteiger partial charge in [-0.2, -0.15) is 0 Å². The molecule has 2 rings (SSSR count). The minimum atomic E-state index is 0.375. The molecule has 0 saturated carbocycles. The lowest BCUT2D eigenvalue weighted by Gasteiger charge is -2.03. The predicted octanol–water partition coefficient (Wildman–Crippen LogP) is 0.648. The lowest BCUT2D eigenvalue weighted by molar-refractivity contribution is 0.950. The molecule has 2 heterocycles. The Morgan fingerprint density at radius 1 is 1.38 bits per heavy atom. The van der Waals surface area contributed by atoms with Crippen molar-refractivity contribution in [1.29, 1.82) is 0 Å². The van der Waals surface area contributed by atoms with E-state index in [0.717, 1.165) is 16.4 Å². The maximum Gasteiger partial charge on any atom is 0.238 e. The molecule has 0 radical (unpaired) electrons. The van der Waals surface area contributed by atoms with E-state index in [0.29, 0.717) is 11.1 Å². The fourth-order valence-corrected chi connectivity index (χ4v) is 1.85. The topological polar surface area (TPSA) is 105 Å². The Balaban J connectivity index is 2.26. The summed E-state index contributed by atoms with van der Waals surface area (Å²) >= 11 is 1.36. The third-order valence-corrected chi connectivity index (χ3v) is 2.79. The Bertz CT molecular complexity index is 495. The molecule has 0 aromatic carbocycles. The number of aromatic nitrogens is 5. The number of nitrogens with zero attached hydrogens (tertiary/aromatic N) is 4. The monoisotopic (exact) mass is 237 g/mol. The number of hydrazine groups is 1. The van der Waals surface area contributed by atoms with Crippen LogP contribution in [0.2, 0.25) is 0 Å². The molecule has 0 unspecified atom stereocenters. The van der Waals surface area contributed by atoms with Crippen molar-refractivity contribution in [3.63, 3.8) is 0 Å². The molecule has 2 aromatic rings. The van der Waals surface area contributed by atoms with E-state index in [-0.39, 0.29) is 0 Å². The number of rotatable bonds is 3. The molecule has 0 atom stereocenters. The molecule has 16 heavy (non-hydrogen) atoms. The van der Waals surface area contributed by atoms with Gasteiger partial charge in [-0.3, -0.25) is 10.5 Å². The highest BCUT2D eigenvalue weighted by Gasteiger charge is 2.08. The normalized spacial score (nSPS) is 10.4. The third kappa shape index (κ3) is 2.28. The second-order valence-electron chi connectivity index (χ2n) is 3.13. The van der Waals surface area contributed by atoms with Crippen molar-refractivity contribution in [2.75, 3.05) is 5.43 Å². The van der Waals surface area contributed by atoms with Crippen LogP contribution >= 0.6 is 11.8 Å². The summed E-state index contributed by atoms with van der Waals surface area (Å²) in [4.78, 5) is 12.4. The van der Waals surface area contributed by atoms with Crippen LogP contribution in [0, 0.1) is 13.8 Å². The quantitative estimate of drug-likeness (QED) is 0.409. The van der Waals surface area contributed by atoms with Crippen molar-refractivity contribution < 1.29 is 0 Å². The highest BCUT2D eigenvalue weighted by atomic mass is 32.2. The molecule has 0 fully saturated rings. The second kappa shape index (κ2) is 4.45. The number of hydrogen-bond acceptors (Lipinski definition) is 7. The highest BCUT2D eigenvalue weighted by Crippen LogP contribution is 2.25. The predicted molar refractivity (Wildman–Crippen MR) is 59.8 cm³/mol. The maximum atomic E-state index is 5.24. The third-order valence-electron chi connectivity index (χ3n) is 1.82. The van der Waals surface area contributed by atoms with Crippen molar-refractivity contribution in [3.05, 3.63) is 17.6 Å². The number of nitrogen functional groups attached to an aromatic ring is 1. The summed E-state index contributed by atoms with van der Waals surface area (Å²) in [6.45, 7) is 3.76. The van der Waals surface area contributed by atoms with E-state index in [1.807, 2.05) is 13.8 Å². The number of aryl methyl sites for hydroxylation is 2. The summed E-state index contributed by atoms with van der Waals surface area (Å²) in [5, 5.41) is 8.20. The Kier molecular flexibility index (Phi) is 3.02. The number of aromatic amines is 1. The van der Waals surface area contributed by atoms with Crippen LogP contribution < -0.4 is 11.3 Å². The van der Waals surface area contributed by atoms with Gasteiger partial charge in [0.05, 0.1) is 0 Å². The van der Waals surface area contributed by atoms with Gasteiger partial charge in [0.25, 0.3) is 0 Å². The van der Waals surface area contributed by atoms with Crippen LogP contribution in [0.3, 0.4) is 0 Å². The average Bonchev–Trinajstić information content (AvgIpc) is 2.67. The smallest absolute Gasteiger partial charge is 0.238 e. The van der Waals surface area contributed by atoms with E-state index in [2.05, 4.69) is 30.6 Å². The Morgan fingerprint density at radius 2 is 2.19 bits per heavy atom. The van der Waals surface area contributed by atoms with E-state index in [9.17, 15) is 0 Å². The van der Waals surface area contributed by atoms with Gasteiger partial charge in [-0.15, -0.1) is 5.10 Å². The lowest BCUT2D eigenvalue weighted by Crippen LogP contribution is -2.10. The van der Waals surface area contributed by atoms with Crippen LogP contribution in [0.4, 0.5) is 5.95 Å². The van der Waals surface area contributed by atoms with Gasteiger partial charge in [0, 0.05) is 11.8 Å². The zero-order valence-corrected chi connectivity index (χ0v) is 9.67. The molecular weight excluding hydrogens is 226 g/mol. The Hall–Kier alpha value is -1.67. The van der Waals surface area contributed by atoms with Crippen LogP contribution in [0.25, 0.3) is 0 Å². The van der Waals surface area contributed by atoms with Crippen molar-refractivity contribution in [2.24, 2.45) is 5.84 Å². The van der Waals surface area contributed by atoms with Crippen molar-refractivity contribution in [1.82, 2.24) is 25.1 Å². The molecule has 0 aliphatic carbocycles. The van der Waals surface area contributed by atoms with E-state index in [4.69, 9.17) is 5.84 Å². The molecule has 84 valence electrons. The summed E-state index contributed by atoms with van der Waals surface area (Å²) in [5.74, 6) is 6.39. The zero-order valence-electron chi connectivity index (χ0n) is 8.85.